The van der Waals surface area contributed by atoms with Gasteiger partial charge in [0.05, 0.1) is 36.9 Å². The molecule has 0 radical (unpaired) electrons. The SMILES string of the molecule is CC1CC(=O)C(C)NC(=O)CCOCCCC(=O)C#CC(=O)CCCOCCC(=O)NC(C)C(=O)CC(C)C(=O)Oc2cc3c(c4ccccc24)[C@H](CCl)CN3C(=O)CCCC(=O)N2C[C@@H](CCl)c3c2cc(c2ccccc32)CC1=O. The number of carbonyl (C=O) groups excluding carboxylic acids is 10. The van der Waals surface area contributed by atoms with Crippen LogP contribution in [0.3, 0.4) is 0 Å². The lowest BCUT2D eigenvalue weighted by Crippen LogP contribution is -2.40. The molecule has 4 aromatic rings. The zero-order chi connectivity index (χ0) is 58.3. The van der Waals surface area contributed by atoms with E-state index in [1.165, 1.54) is 6.92 Å². The Balaban J connectivity index is 1.07. The fourth-order valence-electron chi connectivity index (χ4n) is 10.5. The van der Waals surface area contributed by atoms with Crippen molar-refractivity contribution in [2.45, 2.75) is 129 Å². The summed E-state index contributed by atoms with van der Waals surface area (Å²) in [5, 5.41) is 8.37. The number of nitrogens with zero attached hydrogens (tertiary/aromatic N) is 2. The van der Waals surface area contributed by atoms with Crippen molar-refractivity contribution in [3.63, 3.8) is 0 Å². The number of halogens is 2. The van der Waals surface area contributed by atoms with Crippen LogP contribution in [0.4, 0.5) is 11.4 Å². The van der Waals surface area contributed by atoms with Gasteiger partial charge in [-0.2, -0.15) is 0 Å². The third kappa shape index (κ3) is 16.0. The Bertz CT molecular complexity index is 2950. The van der Waals surface area contributed by atoms with Crippen LogP contribution >= 0.6 is 23.2 Å². The van der Waals surface area contributed by atoms with Crippen molar-refractivity contribution in [2.75, 3.05) is 61.1 Å². The summed E-state index contributed by atoms with van der Waals surface area (Å²) in [6.07, 6.45) is 0.459. The highest BCUT2D eigenvalue weighted by molar-refractivity contribution is 6.19. The molecule has 4 unspecified atom stereocenters. The van der Waals surface area contributed by atoms with Gasteiger partial charge in [0.1, 0.15) is 11.5 Å². The summed E-state index contributed by atoms with van der Waals surface area (Å²) in [7, 11) is 0. The van der Waals surface area contributed by atoms with Crippen molar-refractivity contribution in [3.05, 3.63) is 77.4 Å². The van der Waals surface area contributed by atoms with E-state index in [2.05, 4.69) is 22.5 Å². The number of carbonyl (C=O) groups is 10. The maximum absolute atomic E-state index is 14.3. The second kappa shape index (κ2) is 29.2. The van der Waals surface area contributed by atoms with Gasteiger partial charge in [-0.1, -0.05) is 62.4 Å². The van der Waals surface area contributed by atoms with E-state index in [-0.39, 0.29) is 150 Å². The van der Waals surface area contributed by atoms with Crippen LogP contribution in [0.15, 0.2) is 60.7 Å². The first-order valence-electron chi connectivity index (χ1n) is 27.8. The molecule has 4 bridgehead atoms. The monoisotopic (exact) mass is 1150 g/mol. The molecule has 0 saturated heterocycles. The van der Waals surface area contributed by atoms with Gasteiger partial charge in [-0.15, -0.1) is 23.2 Å². The molecule has 3 aliphatic heterocycles. The van der Waals surface area contributed by atoms with Gasteiger partial charge in [-0.05, 0) is 83.9 Å². The zero-order valence-corrected chi connectivity index (χ0v) is 47.8. The summed E-state index contributed by atoms with van der Waals surface area (Å²) in [5.41, 5.74) is 3.56. The quantitative estimate of drug-likeness (QED) is 0.0639. The van der Waals surface area contributed by atoms with Crippen molar-refractivity contribution in [3.8, 4) is 17.6 Å². The second-order valence-corrected chi connectivity index (χ2v) is 21.9. The molecule has 6 atom stereocenters. The van der Waals surface area contributed by atoms with Crippen molar-refractivity contribution in [2.24, 2.45) is 11.8 Å². The topological polar surface area (TPSA) is 229 Å². The third-order valence-corrected chi connectivity index (χ3v) is 15.8. The molecule has 3 heterocycles. The third-order valence-electron chi connectivity index (χ3n) is 15.1. The molecule has 0 saturated carbocycles. The molecule has 2 N–H and O–H groups in total. The number of nitrogens with one attached hydrogen (secondary N) is 2. The number of amides is 4. The molecule has 0 spiro atoms. The summed E-state index contributed by atoms with van der Waals surface area (Å²) < 4.78 is 17.0. The first-order chi connectivity index (χ1) is 38.9. The fourth-order valence-corrected chi connectivity index (χ4v) is 11.0. The number of ether oxygens (including phenoxy) is 3. The number of fused-ring (bicyclic) bond motifs is 8. The lowest BCUT2D eigenvalue weighted by atomic mass is 9.88. The number of rotatable bonds is 2. The Morgan fingerprint density at radius 1 is 0.531 bits per heavy atom. The van der Waals surface area contributed by atoms with Crippen LogP contribution in [0.2, 0.25) is 0 Å². The van der Waals surface area contributed by atoms with Crippen LogP contribution in [0.5, 0.6) is 5.75 Å². The highest BCUT2D eigenvalue weighted by Crippen LogP contribution is 2.47. The average Bonchev–Trinajstić information content (AvgIpc) is 4.28. The summed E-state index contributed by atoms with van der Waals surface area (Å²) in [4.78, 5) is 136. The Morgan fingerprint density at radius 3 is 1.49 bits per heavy atom. The zero-order valence-electron chi connectivity index (χ0n) is 46.3. The second-order valence-electron chi connectivity index (χ2n) is 21.2. The van der Waals surface area contributed by atoms with Crippen molar-refractivity contribution in [1.82, 2.24) is 10.6 Å². The van der Waals surface area contributed by atoms with Crippen molar-refractivity contribution < 1.29 is 62.2 Å². The highest BCUT2D eigenvalue weighted by atomic mass is 35.5. The molecular weight excluding hydrogens is 1080 g/mol. The van der Waals surface area contributed by atoms with Crippen LogP contribution in [0.1, 0.15) is 127 Å². The van der Waals surface area contributed by atoms with Crippen molar-refractivity contribution >= 4 is 115 Å². The first-order valence-corrected chi connectivity index (χ1v) is 28.9. The minimum atomic E-state index is -0.922. The van der Waals surface area contributed by atoms with E-state index < -0.39 is 59.1 Å². The average molecular weight is 1150 g/mol. The van der Waals surface area contributed by atoms with Gasteiger partial charge in [-0.25, -0.2) is 0 Å². The van der Waals surface area contributed by atoms with Gasteiger partial charge >= 0.3 is 5.97 Å². The van der Waals surface area contributed by atoms with Gasteiger partial charge in [0.2, 0.25) is 35.2 Å². The Labute approximate surface area is 481 Å². The Hall–Kier alpha value is -6.84. The van der Waals surface area contributed by atoms with Gasteiger partial charge in [0, 0.05) is 131 Å². The van der Waals surface area contributed by atoms with Gasteiger partial charge < -0.3 is 34.6 Å². The number of benzene rings is 4. The predicted octanol–water partition coefficient (Wildman–Crippen LogP) is 7.95. The summed E-state index contributed by atoms with van der Waals surface area (Å²) >= 11 is 13.2. The van der Waals surface area contributed by atoms with E-state index >= 15 is 0 Å². The normalized spacial score (nSPS) is 24.0. The maximum Gasteiger partial charge on any atom is 0.314 e. The Morgan fingerprint density at radius 2 is 0.988 bits per heavy atom. The molecule has 7 rings (SSSR count). The van der Waals surface area contributed by atoms with Gasteiger partial charge in [-0.3, -0.25) is 47.9 Å². The first kappa shape index (κ1) is 61.8. The number of alkyl halides is 2. The summed E-state index contributed by atoms with van der Waals surface area (Å²) in [5.74, 6) is -0.593. The molecule has 3 aliphatic rings. The summed E-state index contributed by atoms with van der Waals surface area (Å²) in [6, 6.07) is 16.7. The van der Waals surface area contributed by atoms with E-state index in [0.29, 0.717) is 41.7 Å². The largest absolute Gasteiger partial charge is 0.426 e. The molecule has 17 nitrogen and oxygen atoms in total. The fraction of sp³-hybridized carbons (Fsp3) is 0.484. The summed E-state index contributed by atoms with van der Waals surface area (Å²) in [6.45, 7) is 7.26. The number of Topliss-reactive ketones (excluding diaryl/α,β-unsaturated/α-hetero) is 5. The van der Waals surface area contributed by atoms with Crippen LogP contribution in [0.25, 0.3) is 21.5 Å². The van der Waals surface area contributed by atoms with Gasteiger partial charge in [0.15, 0.2) is 11.6 Å². The van der Waals surface area contributed by atoms with E-state index in [0.717, 1.165) is 27.3 Å². The number of hydrogen-bond donors (Lipinski definition) is 2. The van der Waals surface area contributed by atoms with Crippen LogP contribution in [0, 0.1) is 23.7 Å². The lowest BCUT2D eigenvalue weighted by Gasteiger charge is -2.21. The lowest BCUT2D eigenvalue weighted by molar-refractivity contribution is -0.140. The number of anilines is 2. The van der Waals surface area contributed by atoms with E-state index in [9.17, 15) is 47.9 Å². The Kier molecular flexibility index (Phi) is 22.3. The molecule has 0 aromatic heterocycles. The molecule has 0 aliphatic carbocycles. The molecule has 4 amide bonds. The molecule has 0 fully saturated rings. The molecule has 81 heavy (non-hydrogen) atoms. The predicted molar refractivity (Wildman–Crippen MR) is 308 cm³/mol. The van der Waals surface area contributed by atoms with Crippen LogP contribution < -0.4 is 25.2 Å². The standard InChI is InChI=1S/C62H70Cl2N4O13/c1-37-28-53(72)39(3)65-56(74)22-26-79-24-10-12-44(69)20-21-45(70)13-11-25-80-27-23-57(75)66-40(4)54(73)29-38(2)62(78)81-55-32-51-61(49-17-8-6-15-47(49)55)43(34-64)36-68(51)59(77)19-9-18-58(76)67-35-42(33-63)60-48-16-7-5-14-46(48)41(30-50(60)67)31-52(37)71/h5-8,14-17,30,32,37-40,42-43H,9-13,18-19,22-29,31,33-36H2,1-4H3,(H,65,74)(H,66,75)/t37?,38?,39?,40?,42-,43-/m1/s1. The van der Waals surface area contributed by atoms with Gasteiger partial charge in [0.25, 0.3) is 0 Å². The van der Waals surface area contributed by atoms with E-state index in [4.69, 9.17) is 37.4 Å². The van der Waals surface area contributed by atoms with Crippen LogP contribution in [-0.4, -0.2) is 122 Å². The number of ketones is 5. The molecule has 19 heteroatoms. The van der Waals surface area contributed by atoms with E-state index in [1.807, 2.05) is 42.5 Å². The number of hydrogen-bond acceptors (Lipinski definition) is 13. The van der Waals surface area contributed by atoms with Crippen molar-refractivity contribution in [1.29, 1.82) is 0 Å². The smallest absolute Gasteiger partial charge is 0.314 e. The molecule has 4 aromatic carbocycles. The molecule has 430 valence electrons. The highest BCUT2D eigenvalue weighted by Gasteiger charge is 2.37. The van der Waals surface area contributed by atoms with E-state index in [1.54, 1.807) is 48.8 Å². The van der Waals surface area contributed by atoms with Crippen LogP contribution in [-0.2, 0) is 63.8 Å². The maximum atomic E-state index is 14.3. The molecular formula is C62H70Cl2N4O13. The number of esters is 1. The minimum Gasteiger partial charge on any atom is -0.426 e. The minimum absolute atomic E-state index is 0.00961.